The van der Waals surface area contributed by atoms with Crippen LogP contribution in [0.4, 0.5) is 5.69 Å². The first-order valence-corrected chi connectivity index (χ1v) is 9.30. The molecule has 0 saturated carbocycles. The molecule has 0 amide bonds. The first-order chi connectivity index (χ1) is 10.9. The number of rotatable bonds is 7. The van der Waals surface area contributed by atoms with Gasteiger partial charge in [0.15, 0.2) is 0 Å². The van der Waals surface area contributed by atoms with Crippen molar-refractivity contribution in [1.82, 2.24) is 4.72 Å². The molecule has 0 fully saturated rings. The molecule has 0 aliphatic heterocycles. The van der Waals surface area contributed by atoms with Gasteiger partial charge in [0.1, 0.15) is 0 Å². The van der Waals surface area contributed by atoms with Gasteiger partial charge in [0.05, 0.1) is 5.75 Å². The summed E-state index contributed by atoms with van der Waals surface area (Å²) in [4.78, 5) is 2.04. The second-order valence-corrected chi connectivity index (χ2v) is 7.76. The molecule has 0 radical (unpaired) electrons. The zero-order valence-corrected chi connectivity index (χ0v) is 14.7. The fourth-order valence-corrected chi connectivity index (χ4v) is 3.52. The topological polar surface area (TPSA) is 49.4 Å². The second kappa shape index (κ2) is 7.62. The van der Waals surface area contributed by atoms with E-state index in [4.69, 9.17) is 0 Å². The highest BCUT2D eigenvalue weighted by Crippen LogP contribution is 2.12. The Bertz CT molecular complexity index is 738. The summed E-state index contributed by atoms with van der Waals surface area (Å²) in [5.41, 5.74) is 4.13. The van der Waals surface area contributed by atoms with Crippen molar-refractivity contribution in [1.29, 1.82) is 0 Å². The number of nitrogens with zero attached hydrogens (tertiary/aromatic N) is 1. The number of hydrogen-bond donors (Lipinski definition) is 1. The molecular formula is C18H24N2O2S. The molecule has 2 aromatic rings. The summed E-state index contributed by atoms with van der Waals surface area (Å²) >= 11 is 0. The monoisotopic (exact) mass is 332 g/mol. The first-order valence-electron chi connectivity index (χ1n) is 7.65. The molecule has 2 rings (SSSR count). The minimum Gasteiger partial charge on any atom is -0.378 e. The van der Waals surface area contributed by atoms with Crippen LogP contribution in [0, 0.1) is 6.92 Å². The van der Waals surface area contributed by atoms with Gasteiger partial charge >= 0.3 is 0 Å². The molecular weight excluding hydrogens is 308 g/mol. The highest BCUT2D eigenvalue weighted by molar-refractivity contribution is 7.88. The standard InChI is InChI=1S/C18H24N2O2S/c1-15-5-4-6-17(13-15)14-23(21,22)19-12-11-16-7-9-18(10-8-16)20(2)3/h4-10,13,19H,11-12,14H2,1-3H3. The first kappa shape index (κ1) is 17.5. The number of anilines is 1. The normalized spacial score (nSPS) is 11.4. The molecule has 5 heteroatoms. The predicted octanol–water partition coefficient (Wildman–Crippen LogP) is 2.72. The third-order valence-corrected chi connectivity index (χ3v) is 4.98. The van der Waals surface area contributed by atoms with Gasteiger partial charge in [0, 0.05) is 26.3 Å². The minimum atomic E-state index is -3.30. The summed E-state index contributed by atoms with van der Waals surface area (Å²) in [6.45, 7) is 2.37. The van der Waals surface area contributed by atoms with Crippen LogP contribution < -0.4 is 9.62 Å². The molecule has 0 saturated heterocycles. The number of benzene rings is 2. The lowest BCUT2D eigenvalue weighted by molar-refractivity contribution is 0.581. The Morgan fingerprint density at radius 2 is 1.70 bits per heavy atom. The summed E-state index contributed by atoms with van der Waals surface area (Å²) in [5.74, 6) is 0.0221. The molecule has 0 spiro atoms. The van der Waals surface area contributed by atoms with Crippen LogP contribution in [0.25, 0.3) is 0 Å². The van der Waals surface area contributed by atoms with E-state index in [0.717, 1.165) is 22.4 Å². The SMILES string of the molecule is Cc1cccc(CS(=O)(=O)NCCc2ccc(N(C)C)cc2)c1. The maximum Gasteiger partial charge on any atom is 0.215 e. The summed E-state index contributed by atoms with van der Waals surface area (Å²) in [6.07, 6.45) is 0.681. The number of hydrogen-bond acceptors (Lipinski definition) is 3. The third-order valence-electron chi connectivity index (χ3n) is 3.63. The Hall–Kier alpha value is -1.85. The van der Waals surface area contributed by atoms with Crippen molar-refractivity contribution in [3.05, 3.63) is 65.2 Å². The van der Waals surface area contributed by atoms with Crippen molar-refractivity contribution >= 4 is 15.7 Å². The zero-order valence-electron chi connectivity index (χ0n) is 13.9. The van der Waals surface area contributed by atoms with E-state index < -0.39 is 10.0 Å². The molecule has 0 unspecified atom stereocenters. The maximum absolute atomic E-state index is 12.1. The Labute approximate surface area is 139 Å². The third kappa shape index (κ3) is 5.69. The molecule has 0 aliphatic carbocycles. The van der Waals surface area contributed by atoms with E-state index in [9.17, 15) is 8.42 Å². The smallest absolute Gasteiger partial charge is 0.215 e. The minimum absolute atomic E-state index is 0.0221. The fraction of sp³-hybridized carbons (Fsp3) is 0.333. The van der Waals surface area contributed by atoms with Gasteiger partial charge in [0.2, 0.25) is 10.0 Å². The van der Waals surface area contributed by atoms with Crippen molar-refractivity contribution in [3.63, 3.8) is 0 Å². The van der Waals surface area contributed by atoms with Crippen molar-refractivity contribution < 1.29 is 8.42 Å². The van der Waals surface area contributed by atoms with Crippen molar-refractivity contribution in [3.8, 4) is 0 Å². The number of sulfonamides is 1. The van der Waals surface area contributed by atoms with E-state index in [0.29, 0.717) is 13.0 Å². The number of aryl methyl sites for hydroxylation is 1. The molecule has 0 aromatic heterocycles. The van der Waals surface area contributed by atoms with Crippen LogP contribution in [-0.4, -0.2) is 29.1 Å². The van der Waals surface area contributed by atoms with E-state index >= 15 is 0 Å². The molecule has 0 aliphatic rings. The Balaban J connectivity index is 1.87. The van der Waals surface area contributed by atoms with Crippen LogP contribution >= 0.6 is 0 Å². The highest BCUT2D eigenvalue weighted by atomic mass is 32.2. The van der Waals surface area contributed by atoms with Gasteiger partial charge in [-0.1, -0.05) is 42.0 Å². The zero-order chi connectivity index (χ0) is 16.9. The molecule has 23 heavy (non-hydrogen) atoms. The average Bonchev–Trinajstić information content (AvgIpc) is 2.47. The van der Waals surface area contributed by atoms with E-state index in [1.165, 1.54) is 0 Å². The van der Waals surface area contributed by atoms with Gasteiger partial charge in [-0.2, -0.15) is 0 Å². The van der Waals surface area contributed by atoms with E-state index in [2.05, 4.69) is 4.72 Å². The summed E-state index contributed by atoms with van der Waals surface area (Å²) in [6, 6.07) is 15.7. The van der Waals surface area contributed by atoms with Crippen LogP contribution in [0.3, 0.4) is 0 Å². The lowest BCUT2D eigenvalue weighted by Crippen LogP contribution is -2.27. The Morgan fingerprint density at radius 1 is 1.00 bits per heavy atom. The van der Waals surface area contributed by atoms with Gasteiger partial charge in [0.25, 0.3) is 0 Å². The van der Waals surface area contributed by atoms with Crippen LogP contribution in [0.2, 0.25) is 0 Å². The fourth-order valence-electron chi connectivity index (χ4n) is 2.38. The molecule has 0 bridgehead atoms. The lowest BCUT2D eigenvalue weighted by atomic mass is 10.1. The Kier molecular flexibility index (Phi) is 5.80. The van der Waals surface area contributed by atoms with Crippen LogP contribution in [0.1, 0.15) is 16.7 Å². The lowest BCUT2D eigenvalue weighted by Gasteiger charge is -2.13. The quantitative estimate of drug-likeness (QED) is 0.848. The van der Waals surface area contributed by atoms with Gasteiger partial charge in [-0.05, 0) is 36.6 Å². The molecule has 0 atom stereocenters. The molecule has 124 valence electrons. The van der Waals surface area contributed by atoms with Gasteiger partial charge in [-0.15, -0.1) is 0 Å². The van der Waals surface area contributed by atoms with E-state index in [1.54, 1.807) is 0 Å². The van der Waals surface area contributed by atoms with Gasteiger partial charge < -0.3 is 4.90 Å². The molecule has 1 N–H and O–H groups in total. The maximum atomic E-state index is 12.1. The largest absolute Gasteiger partial charge is 0.378 e. The predicted molar refractivity (Wildman–Crippen MR) is 96.3 cm³/mol. The summed E-state index contributed by atoms with van der Waals surface area (Å²) in [7, 11) is 0.688. The van der Waals surface area contributed by atoms with Crippen molar-refractivity contribution in [2.24, 2.45) is 0 Å². The summed E-state index contributed by atoms with van der Waals surface area (Å²) in [5, 5.41) is 0. The van der Waals surface area contributed by atoms with Crippen LogP contribution in [0.5, 0.6) is 0 Å². The van der Waals surface area contributed by atoms with Gasteiger partial charge in [-0.25, -0.2) is 13.1 Å². The number of nitrogens with one attached hydrogen (secondary N) is 1. The molecule has 4 nitrogen and oxygen atoms in total. The average molecular weight is 332 g/mol. The molecule has 2 aromatic carbocycles. The van der Waals surface area contributed by atoms with Crippen molar-refractivity contribution in [2.75, 3.05) is 25.5 Å². The van der Waals surface area contributed by atoms with Crippen molar-refractivity contribution in [2.45, 2.75) is 19.1 Å². The summed E-state index contributed by atoms with van der Waals surface area (Å²) < 4.78 is 26.9. The Morgan fingerprint density at radius 3 is 2.30 bits per heavy atom. The van der Waals surface area contributed by atoms with Crippen LogP contribution in [0.15, 0.2) is 48.5 Å². The second-order valence-electron chi connectivity index (χ2n) is 5.95. The van der Waals surface area contributed by atoms with Gasteiger partial charge in [-0.3, -0.25) is 0 Å². The van der Waals surface area contributed by atoms with E-state index in [-0.39, 0.29) is 5.75 Å². The molecule has 0 heterocycles. The van der Waals surface area contributed by atoms with Crippen LogP contribution in [-0.2, 0) is 22.2 Å². The van der Waals surface area contributed by atoms with E-state index in [1.807, 2.05) is 74.4 Å². The highest BCUT2D eigenvalue weighted by Gasteiger charge is 2.11.